The van der Waals surface area contributed by atoms with Gasteiger partial charge in [-0.15, -0.1) is 15.2 Å². The molecule has 1 fully saturated rings. The second-order valence-electron chi connectivity index (χ2n) is 6.55. The molecule has 0 saturated carbocycles. The average molecular weight is 432 g/mol. The summed E-state index contributed by atoms with van der Waals surface area (Å²) >= 11 is 1.30. The Morgan fingerprint density at radius 3 is 2.50 bits per heavy atom. The second-order valence-corrected chi connectivity index (χ2v) is 7.31. The summed E-state index contributed by atoms with van der Waals surface area (Å²) in [6.07, 6.45) is 1.81. The number of methoxy groups -OCH3 is 2. The Hall–Kier alpha value is -3.28. The number of H-pyrrole nitrogens is 1. The highest BCUT2D eigenvalue weighted by Crippen LogP contribution is 2.33. The molecule has 0 aliphatic carbocycles. The molecule has 0 unspecified atom stereocenters. The van der Waals surface area contributed by atoms with Crippen LogP contribution in [-0.2, 0) is 0 Å². The zero-order valence-corrected chi connectivity index (χ0v) is 17.7. The molecule has 4 rings (SSSR count). The molecule has 1 amide bonds. The van der Waals surface area contributed by atoms with Gasteiger partial charge in [-0.25, -0.2) is 4.98 Å². The average Bonchev–Trinajstić information content (AvgIpc) is 3.27. The monoisotopic (exact) mass is 432 g/mol. The van der Waals surface area contributed by atoms with Crippen molar-refractivity contribution in [3.63, 3.8) is 0 Å². The first-order valence-corrected chi connectivity index (χ1v) is 10.4. The summed E-state index contributed by atoms with van der Waals surface area (Å²) in [5.41, 5.74) is 6.92. The molecule has 0 bridgehead atoms. The van der Waals surface area contributed by atoms with Crippen LogP contribution in [0.4, 0.5) is 11.8 Å². The number of nitrogens with one attached hydrogen (secondary N) is 1. The molecule has 1 saturated heterocycles. The van der Waals surface area contributed by atoms with Crippen molar-refractivity contribution in [3.8, 4) is 11.5 Å². The van der Waals surface area contributed by atoms with Gasteiger partial charge in [0.1, 0.15) is 5.52 Å². The number of piperazine rings is 1. The topological polar surface area (TPSA) is 134 Å². The summed E-state index contributed by atoms with van der Waals surface area (Å²) in [6.45, 7) is 2.15. The number of ether oxygens (including phenoxy) is 2. The molecule has 3 heterocycles. The fourth-order valence-corrected chi connectivity index (χ4v) is 3.58. The van der Waals surface area contributed by atoms with E-state index < -0.39 is 0 Å². The van der Waals surface area contributed by atoms with Crippen LogP contribution in [0.3, 0.4) is 0 Å². The Morgan fingerprint density at radius 1 is 1.17 bits per heavy atom. The predicted octanol–water partition coefficient (Wildman–Crippen LogP) is 0.716. The lowest BCUT2D eigenvalue weighted by atomic mass is 10.2. The number of nitrogens with two attached hydrogens (primary N) is 1. The molecule has 3 N–H and O–H groups in total. The third-order valence-corrected chi connectivity index (χ3v) is 5.41. The van der Waals surface area contributed by atoms with E-state index in [1.807, 2.05) is 11.2 Å². The van der Waals surface area contributed by atoms with Gasteiger partial charge in [0, 0.05) is 25.2 Å². The van der Waals surface area contributed by atoms with Crippen molar-refractivity contribution in [2.24, 2.45) is 0 Å². The summed E-state index contributed by atoms with van der Waals surface area (Å²) in [5, 5.41) is 8.75. The van der Waals surface area contributed by atoms with Gasteiger partial charge < -0.3 is 24.5 Å². The molecular weight excluding hydrogens is 410 g/mol. The number of nitrogen functional groups attached to an aromatic ring is 1. The van der Waals surface area contributed by atoms with Gasteiger partial charge in [-0.3, -0.25) is 9.69 Å². The minimum atomic E-state index is -0.269. The van der Waals surface area contributed by atoms with Crippen molar-refractivity contribution >= 4 is 40.3 Å². The van der Waals surface area contributed by atoms with Gasteiger partial charge in [0.15, 0.2) is 11.5 Å². The number of thioether (sulfide) groups is 1. The largest absolute Gasteiger partial charge is 0.493 e. The normalized spacial score (nSPS) is 14.2. The maximum atomic E-state index is 12.6. The van der Waals surface area contributed by atoms with Crippen LogP contribution < -0.4 is 25.1 Å². The van der Waals surface area contributed by atoms with Crippen LogP contribution in [0.15, 0.2) is 21.8 Å². The number of carbonyl (C=O) groups is 1. The fourth-order valence-electron chi connectivity index (χ4n) is 3.29. The number of aromatic nitrogens is 4. The first kappa shape index (κ1) is 20.0. The fraction of sp³-hybridized carbons (Fsp3) is 0.389. The lowest BCUT2D eigenvalue weighted by molar-refractivity contribution is -0.348. The molecule has 0 radical (unpaired) electrons. The highest BCUT2D eigenvalue weighted by molar-refractivity contribution is 7.98. The number of hydrogen-bond acceptors (Lipinski definition) is 10. The second kappa shape index (κ2) is 8.22. The van der Waals surface area contributed by atoms with Crippen LogP contribution in [-0.4, -0.2) is 72.6 Å². The summed E-state index contributed by atoms with van der Waals surface area (Å²) < 4.78 is 16.0. The van der Waals surface area contributed by atoms with Crippen molar-refractivity contribution in [3.05, 3.63) is 18.0 Å². The zero-order chi connectivity index (χ0) is 21.3. The van der Waals surface area contributed by atoms with E-state index in [4.69, 9.17) is 24.6 Å². The number of anilines is 2. The van der Waals surface area contributed by atoms with Gasteiger partial charge in [0.05, 0.1) is 32.7 Å². The van der Waals surface area contributed by atoms with E-state index in [9.17, 15) is 4.79 Å². The molecule has 1 aliphatic rings. The van der Waals surface area contributed by atoms with Crippen molar-refractivity contribution in [2.75, 3.05) is 57.3 Å². The number of fused-ring (bicyclic) bond motifs is 1. The molecule has 30 heavy (non-hydrogen) atoms. The molecule has 12 heteroatoms. The SMILES string of the molecule is COc1cc2nc(N3CCN(C(=O)c4nnc(SC)o4)CC3)[nH+]c(N)c2cc1OC. The summed E-state index contributed by atoms with van der Waals surface area (Å²) in [6, 6.07) is 3.58. The van der Waals surface area contributed by atoms with Gasteiger partial charge in [-0.05, 0) is 6.26 Å². The lowest BCUT2D eigenvalue weighted by Crippen LogP contribution is -2.50. The Kier molecular flexibility index (Phi) is 5.48. The Bertz CT molecular complexity index is 1080. The first-order chi connectivity index (χ1) is 14.5. The number of rotatable bonds is 5. The Labute approximate surface area is 176 Å². The lowest BCUT2D eigenvalue weighted by Gasteiger charge is -2.31. The van der Waals surface area contributed by atoms with Crippen molar-refractivity contribution in [2.45, 2.75) is 5.22 Å². The van der Waals surface area contributed by atoms with Crippen molar-refractivity contribution < 1.29 is 23.7 Å². The molecule has 0 atom stereocenters. The zero-order valence-electron chi connectivity index (χ0n) is 16.8. The van der Waals surface area contributed by atoms with Crippen LogP contribution in [0.5, 0.6) is 11.5 Å². The quantitative estimate of drug-likeness (QED) is 0.575. The Morgan fingerprint density at radius 2 is 1.87 bits per heavy atom. The standard InChI is InChI=1S/C18H21N7O4S/c1-27-12-8-10-11(9-13(12)28-2)20-17(21-14(10)19)25-6-4-24(5-7-25)16(26)15-22-23-18(29-15)30-3/h8-9H,4-7H2,1-3H3,(H2,19,20,21)/p+1. The summed E-state index contributed by atoms with van der Waals surface area (Å²) in [4.78, 5) is 24.1. The van der Waals surface area contributed by atoms with Gasteiger partial charge in [0.25, 0.3) is 5.22 Å². The van der Waals surface area contributed by atoms with E-state index in [2.05, 4.69) is 15.2 Å². The first-order valence-electron chi connectivity index (χ1n) is 9.20. The number of aromatic amines is 1. The van der Waals surface area contributed by atoms with Crippen molar-refractivity contribution in [1.29, 1.82) is 0 Å². The third kappa shape index (κ3) is 3.65. The highest BCUT2D eigenvalue weighted by Gasteiger charge is 2.30. The highest BCUT2D eigenvalue weighted by atomic mass is 32.2. The summed E-state index contributed by atoms with van der Waals surface area (Å²) in [7, 11) is 3.15. The number of amides is 1. The molecule has 11 nitrogen and oxygen atoms in total. The molecule has 1 aromatic carbocycles. The smallest absolute Gasteiger partial charge is 0.347 e. The molecular formula is C18H22N7O4S+. The maximum absolute atomic E-state index is 12.6. The molecule has 1 aliphatic heterocycles. The van der Waals surface area contributed by atoms with E-state index in [1.54, 1.807) is 31.3 Å². The van der Waals surface area contributed by atoms with Gasteiger partial charge in [-0.2, -0.15) is 0 Å². The van der Waals surface area contributed by atoms with Crippen LogP contribution in [0.1, 0.15) is 10.7 Å². The van der Waals surface area contributed by atoms with E-state index in [0.717, 1.165) is 5.39 Å². The Balaban J connectivity index is 1.52. The van der Waals surface area contributed by atoms with Crippen LogP contribution >= 0.6 is 11.8 Å². The number of benzene rings is 1. The molecule has 0 spiro atoms. The number of nitrogens with zero attached hydrogens (tertiary/aromatic N) is 5. The van der Waals surface area contributed by atoms with Crippen LogP contribution in [0.2, 0.25) is 0 Å². The van der Waals surface area contributed by atoms with Crippen LogP contribution in [0, 0.1) is 0 Å². The van der Waals surface area contributed by atoms with E-state index in [1.165, 1.54) is 11.8 Å². The van der Waals surface area contributed by atoms with E-state index in [-0.39, 0.29) is 11.8 Å². The molecule has 158 valence electrons. The van der Waals surface area contributed by atoms with Crippen LogP contribution in [0.25, 0.3) is 10.9 Å². The van der Waals surface area contributed by atoms with Gasteiger partial charge in [-0.1, -0.05) is 11.8 Å². The predicted molar refractivity (Wildman–Crippen MR) is 110 cm³/mol. The van der Waals surface area contributed by atoms with Crippen molar-refractivity contribution in [1.82, 2.24) is 20.1 Å². The number of hydrogen-bond donors (Lipinski definition) is 1. The van der Waals surface area contributed by atoms with Gasteiger partial charge in [0.2, 0.25) is 5.82 Å². The number of carbonyl (C=O) groups excluding carboxylic acids is 1. The van der Waals surface area contributed by atoms with Gasteiger partial charge >= 0.3 is 17.7 Å². The molecule has 3 aromatic rings. The molecule has 2 aromatic heterocycles. The third-order valence-electron chi connectivity index (χ3n) is 4.90. The minimum Gasteiger partial charge on any atom is -0.493 e. The minimum absolute atomic E-state index is 0.00785. The summed E-state index contributed by atoms with van der Waals surface area (Å²) in [5.74, 6) is 2.00. The van der Waals surface area contributed by atoms with E-state index in [0.29, 0.717) is 60.2 Å². The van der Waals surface area contributed by atoms with E-state index >= 15 is 0 Å². The maximum Gasteiger partial charge on any atom is 0.347 e.